The number of piperidine rings is 1. The Balaban J connectivity index is 2.26. The molecule has 20 heavy (non-hydrogen) atoms. The molecule has 0 radical (unpaired) electrons. The minimum absolute atomic E-state index is 0.00868. The predicted molar refractivity (Wildman–Crippen MR) is 76.8 cm³/mol. The van der Waals surface area contributed by atoms with Gasteiger partial charge in [0.25, 0.3) is 0 Å². The van der Waals surface area contributed by atoms with Crippen molar-refractivity contribution in [1.82, 2.24) is 9.21 Å². The van der Waals surface area contributed by atoms with Gasteiger partial charge in [-0.25, -0.2) is 8.42 Å². The maximum absolute atomic E-state index is 12.7. The highest BCUT2D eigenvalue weighted by molar-refractivity contribution is 7.89. The van der Waals surface area contributed by atoms with Crippen molar-refractivity contribution in [2.24, 2.45) is 5.73 Å². The molecule has 0 bridgehead atoms. The van der Waals surface area contributed by atoms with E-state index in [-0.39, 0.29) is 17.5 Å². The summed E-state index contributed by atoms with van der Waals surface area (Å²) in [5.74, 6) is 0.900. The first-order valence-electron chi connectivity index (χ1n) is 6.82. The molecule has 1 atom stereocenters. The number of likely N-dealkylation sites (tertiary alicyclic amines) is 1. The molecule has 114 valence electrons. The first-order valence-corrected chi connectivity index (χ1v) is 8.26. The minimum atomic E-state index is -3.52. The third-order valence-electron chi connectivity index (χ3n) is 3.90. The highest BCUT2D eigenvalue weighted by Gasteiger charge is 2.32. The van der Waals surface area contributed by atoms with Crippen molar-refractivity contribution < 1.29 is 12.8 Å². The quantitative estimate of drug-likeness (QED) is 0.888. The first-order chi connectivity index (χ1) is 9.36. The number of aryl methyl sites for hydroxylation is 1. The summed E-state index contributed by atoms with van der Waals surface area (Å²) < 4.78 is 32.2. The van der Waals surface area contributed by atoms with E-state index in [0.717, 1.165) is 25.9 Å². The van der Waals surface area contributed by atoms with Crippen LogP contribution in [0.5, 0.6) is 0 Å². The molecule has 7 heteroatoms. The van der Waals surface area contributed by atoms with Crippen LogP contribution in [-0.4, -0.2) is 50.8 Å². The summed E-state index contributed by atoms with van der Waals surface area (Å²) in [4.78, 5) is 2.39. The van der Waals surface area contributed by atoms with E-state index >= 15 is 0 Å². The predicted octanol–water partition coefficient (Wildman–Crippen LogP) is 0.761. The number of hydrogen-bond acceptors (Lipinski definition) is 5. The summed E-state index contributed by atoms with van der Waals surface area (Å²) in [6, 6.07) is 1.54. The van der Waals surface area contributed by atoms with Gasteiger partial charge in [-0.15, -0.1) is 0 Å². The van der Waals surface area contributed by atoms with E-state index in [1.807, 2.05) is 7.05 Å². The average molecular weight is 301 g/mol. The van der Waals surface area contributed by atoms with Gasteiger partial charge in [0.2, 0.25) is 10.0 Å². The van der Waals surface area contributed by atoms with E-state index in [4.69, 9.17) is 10.2 Å². The Bertz CT molecular complexity index is 567. The van der Waals surface area contributed by atoms with Crippen LogP contribution in [-0.2, 0) is 16.6 Å². The highest BCUT2D eigenvalue weighted by atomic mass is 32.2. The Labute approximate surface area is 120 Å². The van der Waals surface area contributed by atoms with Crippen LogP contribution in [0.2, 0.25) is 0 Å². The average Bonchev–Trinajstić information content (AvgIpc) is 2.80. The van der Waals surface area contributed by atoms with Crippen LogP contribution >= 0.6 is 0 Å². The molecule has 1 aliphatic heterocycles. The van der Waals surface area contributed by atoms with Crippen molar-refractivity contribution in [2.75, 3.05) is 27.2 Å². The normalized spacial score (nSPS) is 21.6. The Hall–Kier alpha value is -0.890. The number of furan rings is 1. The van der Waals surface area contributed by atoms with E-state index in [1.54, 1.807) is 14.0 Å². The van der Waals surface area contributed by atoms with Crippen molar-refractivity contribution >= 4 is 10.0 Å². The molecule has 2 rings (SSSR count). The van der Waals surface area contributed by atoms with Crippen LogP contribution < -0.4 is 5.73 Å². The van der Waals surface area contributed by atoms with E-state index in [1.165, 1.54) is 10.4 Å². The summed E-state index contributed by atoms with van der Waals surface area (Å²) in [6.07, 6.45) is 1.90. The Morgan fingerprint density at radius 2 is 2.25 bits per heavy atom. The van der Waals surface area contributed by atoms with Gasteiger partial charge < -0.3 is 15.1 Å². The summed E-state index contributed by atoms with van der Waals surface area (Å²) in [7, 11) is 0.138. The van der Waals surface area contributed by atoms with Crippen LogP contribution in [0.1, 0.15) is 24.4 Å². The van der Waals surface area contributed by atoms with Gasteiger partial charge in [0, 0.05) is 25.7 Å². The van der Waals surface area contributed by atoms with Crippen LogP contribution in [0.3, 0.4) is 0 Å². The van der Waals surface area contributed by atoms with Crippen LogP contribution in [0, 0.1) is 6.92 Å². The number of hydrogen-bond donors (Lipinski definition) is 1. The van der Waals surface area contributed by atoms with Gasteiger partial charge in [-0.2, -0.15) is 4.31 Å². The van der Waals surface area contributed by atoms with Crippen LogP contribution in [0.25, 0.3) is 0 Å². The molecule has 1 fully saturated rings. The smallest absolute Gasteiger partial charge is 0.246 e. The highest BCUT2D eigenvalue weighted by Crippen LogP contribution is 2.26. The van der Waals surface area contributed by atoms with Gasteiger partial charge in [0.15, 0.2) is 0 Å². The Morgan fingerprint density at radius 3 is 2.80 bits per heavy atom. The van der Waals surface area contributed by atoms with Crippen molar-refractivity contribution in [3.8, 4) is 0 Å². The SMILES string of the molecule is Cc1oc(CN)cc1S(=O)(=O)N(C)C1CCCN(C)C1. The van der Waals surface area contributed by atoms with E-state index < -0.39 is 10.0 Å². The second-order valence-corrected chi connectivity index (χ2v) is 7.38. The molecule has 0 aromatic carbocycles. The maximum atomic E-state index is 12.7. The van der Waals surface area contributed by atoms with Gasteiger partial charge in [0.05, 0.1) is 6.54 Å². The number of nitrogens with two attached hydrogens (primary N) is 1. The fourth-order valence-electron chi connectivity index (χ4n) is 2.67. The van der Waals surface area contributed by atoms with Gasteiger partial charge in [0.1, 0.15) is 16.4 Å². The summed E-state index contributed by atoms with van der Waals surface area (Å²) in [5, 5.41) is 0. The van der Waals surface area contributed by atoms with Crippen LogP contribution in [0.15, 0.2) is 15.4 Å². The molecule has 0 spiro atoms. The molecule has 6 nitrogen and oxygen atoms in total. The van der Waals surface area contributed by atoms with Gasteiger partial charge in [-0.05, 0) is 33.4 Å². The van der Waals surface area contributed by atoms with E-state index in [0.29, 0.717) is 11.5 Å². The van der Waals surface area contributed by atoms with E-state index in [9.17, 15) is 8.42 Å². The van der Waals surface area contributed by atoms with Gasteiger partial charge >= 0.3 is 0 Å². The molecule has 0 saturated carbocycles. The molecule has 1 saturated heterocycles. The fourth-order valence-corrected chi connectivity index (χ4v) is 4.23. The minimum Gasteiger partial charge on any atom is -0.464 e. The molecule has 2 heterocycles. The lowest BCUT2D eigenvalue weighted by Crippen LogP contribution is -2.47. The number of likely N-dealkylation sites (N-methyl/N-ethyl adjacent to an activating group) is 2. The molecular weight excluding hydrogens is 278 g/mol. The lowest BCUT2D eigenvalue weighted by molar-refractivity contribution is 0.187. The molecule has 1 aromatic rings. The lowest BCUT2D eigenvalue weighted by atomic mass is 10.1. The van der Waals surface area contributed by atoms with Crippen molar-refractivity contribution in [2.45, 2.75) is 37.2 Å². The molecule has 2 N–H and O–H groups in total. The second kappa shape index (κ2) is 5.85. The third kappa shape index (κ3) is 2.90. The Kier molecular flexibility index (Phi) is 4.53. The lowest BCUT2D eigenvalue weighted by Gasteiger charge is -2.34. The first kappa shape index (κ1) is 15.5. The number of rotatable bonds is 4. The Morgan fingerprint density at radius 1 is 1.55 bits per heavy atom. The summed E-state index contributed by atoms with van der Waals surface area (Å²) in [6.45, 7) is 3.64. The zero-order valence-electron chi connectivity index (χ0n) is 12.3. The molecule has 1 aromatic heterocycles. The van der Waals surface area contributed by atoms with Crippen LogP contribution in [0.4, 0.5) is 0 Å². The fraction of sp³-hybridized carbons (Fsp3) is 0.692. The number of nitrogens with zero attached hydrogens (tertiary/aromatic N) is 2. The molecule has 0 aliphatic carbocycles. The van der Waals surface area contributed by atoms with E-state index in [2.05, 4.69) is 4.90 Å². The van der Waals surface area contributed by atoms with Gasteiger partial charge in [-0.1, -0.05) is 0 Å². The molecule has 1 aliphatic rings. The zero-order valence-corrected chi connectivity index (χ0v) is 13.1. The zero-order chi connectivity index (χ0) is 14.9. The van der Waals surface area contributed by atoms with Crippen molar-refractivity contribution in [1.29, 1.82) is 0 Å². The standard InChI is InChI=1S/C13H23N3O3S/c1-10-13(7-12(8-14)19-10)20(17,18)16(3)11-5-4-6-15(2)9-11/h7,11H,4-6,8-9,14H2,1-3H3. The van der Waals surface area contributed by atoms with Gasteiger partial charge in [-0.3, -0.25) is 0 Å². The molecular formula is C13H23N3O3S. The molecule has 1 unspecified atom stereocenters. The topological polar surface area (TPSA) is 79.8 Å². The maximum Gasteiger partial charge on any atom is 0.246 e. The van der Waals surface area contributed by atoms with Crippen molar-refractivity contribution in [3.63, 3.8) is 0 Å². The van der Waals surface area contributed by atoms with Crippen molar-refractivity contribution in [3.05, 3.63) is 17.6 Å². The summed E-state index contributed by atoms with van der Waals surface area (Å²) >= 11 is 0. The summed E-state index contributed by atoms with van der Waals surface area (Å²) in [5.41, 5.74) is 5.50. The number of sulfonamides is 1. The third-order valence-corrected chi connectivity index (χ3v) is 5.91. The monoisotopic (exact) mass is 301 g/mol. The molecule has 0 amide bonds. The largest absolute Gasteiger partial charge is 0.464 e. The second-order valence-electron chi connectivity index (χ2n) is 5.42.